The first-order chi connectivity index (χ1) is 40.1. The van der Waals surface area contributed by atoms with Crippen molar-refractivity contribution in [2.75, 3.05) is 29.9 Å². The minimum Gasteiger partial charge on any atom is -0.375 e. The van der Waals surface area contributed by atoms with Crippen LogP contribution in [0.5, 0.6) is 0 Å². The second-order valence-electron chi connectivity index (χ2n) is 17.7. The van der Waals surface area contributed by atoms with Gasteiger partial charge in [-0.25, -0.2) is 0 Å². The van der Waals surface area contributed by atoms with Crippen molar-refractivity contribution < 1.29 is 0 Å². The van der Waals surface area contributed by atoms with Crippen molar-refractivity contribution in [2.45, 2.75) is 149 Å². The third-order valence-corrected chi connectivity index (χ3v) is 15.1. The summed E-state index contributed by atoms with van der Waals surface area (Å²) in [5.74, 6) is 0. The first-order valence-corrected chi connectivity index (χ1v) is 31.6. The molecule has 13 rings (SSSR count). The molecule has 0 fully saturated rings. The zero-order valence-electron chi connectivity index (χ0n) is 53.9. The molecule has 0 saturated heterocycles. The Balaban J connectivity index is 0.000000719. The van der Waals surface area contributed by atoms with Crippen molar-refractivity contribution in [3.8, 4) is 55.6 Å². The maximum atomic E-state index is 2.63. The smallest absolute Gasteiger partial charge is 0.0726 e. The maximum absolute atomic E-state index is 2.63. The highest BCUT2D eigenvalue weighted by Gasteiger charge is 2.56. The molecule has 9 aromatic rings. The third-order valence-electron chi connectivity index (χ3n) is 15.1. The summed E-state index contributed by atoms with van der Waals surface area (Å²) in [7, 11) is 2.21. The number of rotatable bonds is 6. The van der Waals surface area contributed by atoms with Crippen LogP contribution in [0.1, 0.15) is 183 Å². The zero-order valence-corrected chi connectivity index (χ0v) is 53.9. The summed E-state index contributed by atoms with van der Waals surface area (Å²) in [5, 5.41) is 0. The van der Waals surface area contributed by atoms with E-state index in [2.05, 4.69) is 231 Å². The molecule has 0 N–H and O–H groups in total. The van der Waals surface area contributed by atoms with Crippen molar-refractivity contribution >= 4 is 17.1 Å². The molecule has 0 atom stereocenters. The van der Waals surface area contributed by atoms with Gasteiger partial charge < -0.3 is 9.80 Å². The van der Waals surface area contributed by atoms with Gasteiger partial charge in [0.2, 0.25) is 0 Å². The highest BCUT2D eigenvalue weighted by molar-refractivity contribution is 6.02. The van der Waals surface area contributed by atoms with Gasteiger partial charge in [0.25, 0.3) is 0 Å². The SMILES string of the molecule is CC.CC.CC.CC.CC.CC.CC.CC.CC.CCN(C)c1ccc2c(c1)C1(c3ccccc3-c3ccccc31)c1cc3c(cc1-2)C1(c2ccccc2-c2ccccc21)c1cc(N(CC)c2ccccc2-c2ccccc2)ccc1-3. The number of hydrogen-bond donors (Lipinski definition) is 0. The van der Waals surface area contributed by atoms with Crippen molar-refractivity contribution in [1.82, 2.24) is 0 Å². The Labute approximate surface area is 494 Å². The van der Waals surface area contributed by atoms with E-state index >= 15 is 0 Å². The number of fused-ring (bicyclic) bond motifs is 20. The fourth-order valence-electron chi connectivity index (χ4n) is 12.4. The molecule has 9 aromatic carbocycles. The Morgan fingerprint density at radius 2 is 0.556 bits per heavy atom. The van der Waals surface area contributed by atoms with Gasteiger partial charge in [-0.05, 0) is 151 Å². The van der Waals surface area contributed by atoms with Gasteiger partial charge in [0, 0.05) is 42.8 Å². The van der Waals surface area contributed by atoms with Crippen LogP contribution in [-0.4, -0.2) is 20.1 Å². The Kier molecular flexibility index (Phi) is 25.7. The first-order valence-electron chi connectivity index (χ1n) is 31.6. The summed E-state index contributed by atoms with van der Waals surface area (Å²) in [6.07, 6.45) is 0. The van der Waals surface area contributed by atoms with E-state index in [1.807, 2.05) is 125 Å². The highest BCUT2D eigenvalue weighted by atomic mass is 15.1. The molecule has 0 bridgehead atoms. The lowest BCUT2D eigenvalue weighted by atomic mass is 9.68. The molecule has 2 nitrogen and oxygen atoms in total. The molecule has 0 amide bonds. The van der Waals surface area contributed by atoms with Crippen LogP contribution in [0, 0.1) is 0 Å². The van der Waals surface area contributed by atoms with E-state index in [1.165, 1.54) is 117 Å². The van der Waals surface area contributed by atoms with Crippen molar-refractivity contribution in [3.05, 3.63) is 245 Å². The topological polar surface area (TPSA) is 6.48 Å². The van der Waals surface area contributed by atoms with Gasteiger partial charge >= 0.3 is 0 Å². The predicted octanol–water partition coefficient (Wildman–Crippen LogP) is 23.9. The largest absolute Gasteiger partial charge is 0.375 e. The standard InChI is InChI=1S/C61H46N2.9C2H6/c1-4-62(3)40-31-33-47-49-37-58-50(38-57(49)60(55(47)35-40)51-26-14-9-22-43(51)44-23-10-15-27-52(44)60)48-34-32-41(63(5-2)59-30-18-13-21-42(59)39-19-7-6-8-20-39)36-56(48)61(58)53-28-16-11-24-45(53)46-25-12-17-29-54(46)61;9*1-2/h6-38H,4-5H2,1-3H3;9*1-2H3. The Morgan fingerprint density at radius 1 is 0.259 bits per heavy atom. The van der Waals surface area contributed by atoms with Gasteiger partial charge in [0.15, 0.2) is 0 Å². The van der Waals surface area contributed by atoms with Crippen molar-refractivity contribution in [1.29, 1.82) is 0 Å². The summed E-state index contributed by atoms with van der Waals surface area (Å²) >= 11 is 0. The molecule has 0 unspecified atom stereocenters. The second kappa shape index (κ2) is 31.5. The van der Waals surface area contributed by atoms with E-state index < -0.39 is 10.8 Å². The lowest BCUT2D eigenvalue weighted by Gasteiger charge is -2.33. The molecular formula is C79H100N2. The summed E-state index contributed by atoms with van der Waals surface area (Å²) in [6, 6.07) is 76.4. The van der Waals surface area contributed by atoms with E-state index in [0.29, 0.717) is 0 Å². The molecule has 4 aliphatic carbocycles. The zero-order chi connectivity index (χ0) is 60.0. The molecule has 426 valence electrons. The Morgan fingerprint density at radius 3 is 0.926 bits per heavy atom. The van der Waals surface area contributed by atoms with Crippen molar-refractivity contribution in [2.24, 2.45) is 0 Å². The van der Waals surface area contributed by atoms with E-state index in [4.69, 9.17) is 0 Å². The van der Waals surface area contributed by atoms with Crippen LogP contribution in [-0.2, 0) is 10.8 Å². The monoisotopic (exact) mass is 1080 g/mol. The Hall–Kier alpha value is -7.42. The van der Waals surface area contributed by atoms with Crippen LogP contribution in [0.15, 0.2) is 200 Å². The van der Waals surface area contributed by atoms with Crippen LogP contribution in [0.4, 0.5) is 17.1 Å². The van der Waals surface area contributed by atoms with Crippen LogP contribution in [0.3, 0.4) is 0 Å². The summed E-state index contributed by atoms with van der Waals surface area (Å²) in [4.78, 5) is 4.88. The van der Waals surface area contributed by atoms with Gasteiger partial charge in [0.05, 0.1) is 10.8 Å². The van der Waals surface area contributed by atoms with Gasteiger partial charge in [-0.15, -0.1) is 0 Å². The molecular weight excluding hydrogens is 977 g/mol. The quantitative estimate of drug-likeness (QED) is 0.164. The fraction of sp³-hybridized carbons (Fsp3) is 0.316. The number of hydrogen-bond acceptors (Lipinski definition) is 2. The summed E-state index contributed by atoms with van der Waals surface area (Å²) < 4.78 is 0. The van der Waals surface area contributed by atoms with Gasteiger partial charge in [-0.1, -0.05) is 282 Å². The van der Waals surface area contributed by atoms with E-state index in [9.17, 15) is 0 Å². The third kappa shape index (κ3) is 11.0. The second-order valence-corrected chi connectivity index (χ2v) is 17.7. The molecule has 2 heteroatoms. The Bertz CT molecular complexity index is 3270. The predicted molar refractivity (Wildman–Crippen MR) is 365 cm³/mol. The molecule has 0 aromatic heterocycles. The number of nitrogens with zero attached hydrogens (tertiary/aromatic N) is 2. The lowest BCUT2D eigenvalue weighted by Crippen LogP contribution is -2.28. The highest BCUT2D eigenvalue weighted by Crippen LogP contribution is 2.68. The number of anilines is 3. The average Bonchev–Trinajstić information content (AvgIpc) is 3.75. The molecule has 0 heterocycles. The maximum Gasteiger partial charge on any atom is 0.0726 e. The summed E-state index contributed by atoms with van der Waals surface area (Å²) in [5.41, 5.74) is 26.7. The van der Waals surface area contributed by atoms with E-state index in [1.54, 1.807) is 0 Å². The normalized spacial score (nSPS) is 11.8. The number of benzene rings is 9. The average molecular weight is 1080 g/mol. The van der Waals surface area contributed by atoms with Crippen LogP contribution in [0.25, 0.3) is 55.6 Å². The molecule has 0 aliphatic heterocycles. The van der Waals surface area contributed by atoms with E-state index in [0.717, 1.165) is 13.1 Å². The minimum atomic E-state index is -0.509. The van der Waals surface area contributed by atoms with Crippen LogP contribution < -0.4 is 9.80 Å². The molecule has 81 heavy (non-hydrogen) atoms. The number of para-hydroxylation sites is 1. The summed E-state index contributed by atoms with van der Waals surface area (Å²) in [6.45, 7) is 42.3. The minimum absolute atomic E-state index is 0.459. The van der Waals surface area contributed by atoms with Crippen LogP contribution in [0.2, 0.25) is 0 Å². The fourth-order valence-corrected chi connectivity index (χ4v) is 12.4. The first kappa shape index (κ1) is 66.1. The van der Waals surface area contributed by atoms with Gasteiger partial charge in [-0.2, -0.15) is 0 Å². The van der Waals surface area contributed by atoms with Crippen LogP contribution >= 0.6 is 0 Å². The molecule has 2 spiro atoms. The van der Waals surface area contributed by atoms with E-state index in [-0.39, 0.29) is 0 Å². The molecule has 0 radical (unpaired) electrons. The molecule has 0 saturated carbocycles. The van der Waals surface area contributed by atoms with Gasteiger partial charge in [0.1, 0.15) is 0 Å². The van der Waals surface area contributed by atoms with Crippen molar-refractivity contribution in [3.63, 3.8) is 0 Å². The lowest BCUT2D eigenvalue weighted by molar-refractivity contribution is 0.782. The van der Waals surface area contributed by atoms with Gasteiger partial charge in [-0.3, -0.25) is 0 Å². The molecule has 4 aliphatic rings.